The molecule has 0 aromatic carbocycles. The molecule has 0 spiro atoms. The molecular formula is C47H80O9. The van der Waals surface area contributed by atoms with Gasteiger partial charge in [0, 0.05) is 13.0 Å². The molecule has 1 saturated heterocycles. The average Bonchev–Trinajstić information content (AvgIpc) is 3.20. The molecule has 9 heteroatoms. The summed E-state index contributed by atoms with van der Waals surface area (Å²) in [4.78, 5) is 12.7. The van der Waals surface area contributed by atoms with E-state index in [9.17, 15) is 25.2 Å². The lowest BCUT2D eigenvalue weighted by Gasteiger charge is -2.39. The molecule has 0 aliphatic carbocycles. The Kier molecular flexibility index (Phi) is 35.2. The topological polar surface area (TPSA) is 135 Å². The van der Waals surface area contributed by atoms with Crippen molar-refractivity contribution >= 4 is 5.97 Å². The van der Waals surface area contributed by atoms with E-state index in [1.165, 1.54) is 77.0 Å². The number of hydrogen-bond acceptors (Lipinski definition) is 9. The first kappa shape index (κ1) is 51.6. The molecule has 9 nitrogen and oxygen atoms in total. The Hall–Kier alpha value is -2.37. The quantitative estimate of drug-likeness (QED) is 0.0278. The van der Waals surface area contributed by atoms with Gasteiger partial charge in [-0.05, 0) is 70.6 Å². The van der Waals surface area contributed by atoms with E-state index >= 15 is 0 Å². The van der Waals surface area contributed by atoms with Gasteiger partial charge in [-0.15, -0.1) is 0 Å². The van der Waals surface area contributed by atoms with Crippen molar-refractivity contribution in [3.63, 3.8) is 0 Å². The molecule has 0 aromatic rings. The number of carbonyl (C=O) groups is 1. The molecular weight excluding hydrogens is 709 g/mol. The maximum Gasteiger partial charge on any atom is 0.306 e. The lowest BCUT2D eigenvalue weighted by molar-refractivity contribution is -0.305. The van der Waals surface area contributed by atoms with Crippen LogP contribution in [0.2, 0.25) is 0 Å². The molecule has 0 radical (unpaired) electrons. The summed E-state index contributed by atoms with van der Waals surface area (Å²) in [5.41, 5.74) is 0. The fourth-order valence-electron chi connectivity index (χ4n) is 6.18. The molecule has 0 amide bonds. The molecule has 1 aliphatic rings. The summed E-state index contributed by atoms with van der Waals surface area (Å²) in [7, 11) is 0. The van der Waals surface area contributed by atoms with Crippen molar-refractivity contribution in [2.24, 2.45) is 0 Å². The van der Waals surface area contributed by atoms with Crippen molar-refractivity contribution in [1.82, 2.24) is 0 Å². The fourth-order valence-corrected chi connectivity index (χ4v) is 6.18. The Morgan fingerprint density at radius 3 is 1.64 bits per heavy atom. The smallest absolute Gasteiger partial charge is 0.306 e. The maximum atomic E-state index is 12.7. The first-order valence-corrected chi connectivity index (χ1v) is 22.0. The predicted molar refractivity (Wildman–Crippen MR) is 228 cm³/mol. The van der Waals surface area contributed by atoms with Crippen LogP contribution in [0.15, 0.2) is 72.9 Å². The van der Waals surface area contributed by atoms with Gasteiger partial charge < -0.3 is 39.4 Å². The SMILES string of the molecule is CC/C=C\C/C=C\C/C=C\C/C=C\CCC(=O)OC(COCCCCCCCCCCCC/C=C\C/C=C\CCCCC)COC1OC(CO)C(O)C(O)C1O. The van der Waals surface area contributed by atoms with E-state index in [-0.39, 0.29) is 19.6 Å². The van der Waals surface area contributed by atoms with Gasteiger partial charge in [0.05, 0.1) is 19.8 Å². The number of ether oxygens (including phenoxy) is 4. The summed E-state index contributed by atoms with van der Waals surface area (Å²) in [6.45, 7) is 4.30. The maximum absolute atomic E-state index is 12.7. The number of allylic oxidation sites excluding steroid dienone is 12. The first-order valence-electron chi connectivity index (χ1n) is 22.0. The number of aliphatic hydroxyl groups is 4. The highest BCUT2D eigenvalue weighted by Crippen LogP contribution is 2.22. The largest absolute Gasteiger partial charge is 0.457 e. The van der Waals surface area contributed by atoms with Crippen molar-refractivity contribution in [1.29, 1.82) is 0 Å². The zero-order valence-corrected chi connectivity index (χ0v) is 35.1. The standard InChI is InChI=1S/C47H80O9/c1-3-5-7-9-11-13-15-17-18-19-20-21-22-23-25-27-29-31-33-35-37-53-39-41(40-54-47-46(52)45(51)44(50)42(38-48)56-47)55-43(49)36-34-32-30-28-26-24-16-14-12-10-8-6-4-2/h6,8,11-14,17-18,24,26,30,32,41-42,44-48,50-52H,3-5,7,9-10,15-16,19-23,25,27-29,31,33-40H2,1-2H3/b8-6-,13-11-,14-12-,18-17-,26-24-,32-30-. The van der Waals surface area contributed by atoms with Crippen LogP contribution in [0.4, 0.5) is 0 Å². The number of esters is 1. The van der Waals surface area contributed by atoms with Crippen molar-refractivity contribution in [3.05, 3.63) is 72.9 Å². The third kappa shape index (κ3) is 28.9. The van der Waals surface area contributed by atoms with E-state index in [1.807, 2.05) is 12.2 Å². The van der Waals surface area contributed by atoms with Gasteiger partial charge in [-0.25, -0.2) is 0 Å². The molecule has 1 heterocycles. The van der Waals surface area contributed by atoms with Gasteiger partial charge in [0.2, 0.25) is 0 Å². The van der Waals surface area contributed by atoms with Crippen LogP contribution >= 0.6 is 0 Å². The van der Waals surface area contributed by atoms with E-state index < -0.39 is 49.4 Å². The Labute approximate surface area is 340 Å². The molecule has 4 N–H and O–H groups in total. The van der Waals surface area contributed by atoms with Crippen LogP contribution in [-0.2, 0) is 23.7 Å². The van der Waals surface area contributed by atoms with E-state index in [0.717, 1.165) is 51.4 Å². The minimum atomic E-state index is -1.55. The summed E-state index contributed by atoms with van der Waals surface area (Å²) >= 11 is 0. The van der Waals surface area contributed by atoms with E-state index in [0.29, 0.717) is 13.0 Å². The van der Waals surface area contributed by atoms with Gasteiger partial charge in [0.15, 0.2) is 6.29 Å². The van der Waals surface area contributed by atoms with Crippen LogP contribution in [-0.4, -0.2) is 89.6 Å². The van der Waals surface area contributed by atoms with Gasteiger partial charge >= 0.3 is 5.97 Å². The second-order valence-electron chi connectivity index (χ2n) is 14.8. The minimum absolute atomic E-state index is 0.110. The highest BCUT2D eigenvalue weighted by molar-refractivity contribution is 5.69. The van der Waals surface area contributed by atoms with Crippen LogP contribution in [0.3, 0.4) is 0 Å². The van der Waals surface area contributed by atoms with E-state index in [1.54, 1.807) is 0 Å². The second kappa shape index (κ2) is 38.2. The third-order valence-electron chi connectivity index (χ3n) is 9.62. The first-order chi connectivity index (χ1) is 27.4. The minimum Gasteiger partial charge on any atom is -0.457 e. The molecule has 1 rings (SSSR count). The van der Waals surface area contributed by atoms with Crippen LogP contribution in [0.5, 0.6) is 0 Å². The molecule has 6 atom stereocenters. The Balaban J connectivity index is 2.29. The molecule has 0 saturated carbocycles. The summed E-state index contributed by atoms with van der Waals surface area (Å²) in [6.07, 6.45) is 42.3. The van der Waals surface area contributed by atoms with Gasteiger partial charge in [-0.2, -0.15) is 0 Å². The number of hydrogen-bond donors (Lipinski definition) is 4. The van der Waals surface area contributed by atoms with E-state index in [2.05, 4.69) is 74.6 Å². The van der Waals surface area contributed by atoms with Gasteiger partial charge in [0.1, 0.15) is 30.5 Å². The highest BCUT2D eigenvalue weighted by Gasteiger charge is 2.44. The molecule has 322 valence electrons. The van der Waals surface area contributed by atoms with Crippen molar-refractivity contribution in [2.75, 3.05) is 26.4 Å². The molecule has 1 fully saturated rings. The zero-order chi connectivity index (χ0) is 40.7. The molecule has 6 unspecified atom stereocenters. The molecule has 0 bridgehead atoms. The third-order valence-corrected chi connectivity index (χ3v) is 9.62. The number of unbranched alkanes of at least 4 members (excludes halogenated alkanes) is 13. The Morgan fingerprint density at radius 1 is 0.589 bits per heavy atom. The molecule has 56 heavy (non-hydrogen) atoms. The van der Waals surface area contributed by atoms with Crippen LogP contribution in [0.25, 0.3) is 0 Å². The summed E-state index contributed by atoms with van der Waals surface area (Å²) < 4.78 is 22.7. The Morgan fingerprint density at radius 2 is 1.09 bits per heavy atom. The zero-order valence-electron chi connectivity index (χ0n) is 35.1. The van der Waals surface area contributed by atoms with Crippen LogP contribution in [0.1, 0.15) is 155 Å². The number of carbonyl (C=O) groups excluding carboxylic acids is 1. The summed E-state index contributed by atoms with van der Waals surface area (Å²) in [5.74, 6) is -0.397. The molecule has 0 aromatic heterocycles. The second-order valence-corrected chi connectivity index (χ2v) is 14.8. The summed E-state index contributed by atoms with van der Waals surface area (Å²) in [5, 5.41) is 40.1. The lowest BCUT2D eigenvalue weighted by Crippen LogP contribution is -2.59. The van der Waals surface area contributed by atoms with Crippen molar-refractivity contribution < 1.29 is 44.2 Å². The highest BCUT2D eigenvalue weighted by atomic mass is 16.7. The molecule has 1 aliphatic heterocycles. The van der Waals surface area contributed by atoms with Crippen LogP contribution < -0.4 is 0 Å². The average molecular weight is 789 g/mol. The van der Waals surface area contributed by atoms with Gasteiger partial charge in [-0.3, -0.25) is 4.79 Å². The number of rotatable bonds is 36. The summed E-state index contributed by atoms with van der Waals surface area (Å²) in [6, 6.07) is 0. The van der Waals surface area contributed by atoms with Gasteiger partial charge in [0.25, 0.3) is 0 Å². The van der Waals surface area contributed by atoms with Crippen LogP contribution in [0, 0.1) is 0 Å². The predicted octanol–water partition coefficient (Wildman–Crippen LogP) is 9.69. The normalized spacial score (nSPS) is 21.3. The van der Waals surface area contributed by atoms with Crippen molar-refractivity contribution in [3.8, 4) is 0 Å². The van der Waals surface area contributed by atoms with Gasteiger partial charge in [-0.1, -0.05) is 151 Å². The Bertz CT molecular complexity index is 1080. The van der Waals surface area contributed by atoms with E-state index in [4.69, 9.17) is 18.9 Å². The lowest BCUT2D eigenvalue weighted by atomic mass is 9.99. The number of aliphatic hydroxyl groups excluding tert-OH is 4. The monoisotopic (exact) mass is 789 g/mol. The van der Waals surface area contributed by atoms with Crippen molar-refractivity contribution in [2.45, 2.75) is 192 Å². The fraction of sp³-hybridized carbons (Fsp3) is 0.723.